The van der Waals surface area contributed by atoms with Gasteiger partial charge in [-0.05, 0) is 13.8 Å². The van der Waals surface area contributed by atoms with E-state index in [0.717, 1.165) is 4.90 Å². The lowest BCUT2D eigenvalue weighted by Gasteiger charge is -2.21. The smallest absolute Gasteiger partial charge is 0.326 e. The fraction of sp³-hybridized carbons (Fsp3) is 0.500. The van der Waals surface area contributed by atoms with E-state index in [1.807, 2.05) is 0 Å². The summed E-state index contributed by atoms with van der Waals surface area (Å²) < 4.78 is 1.57. The molecule has 0 spiro atoms. The van der Waals surface area contributed by atoms with Gasteiger partial charge in [0.25, 0.3) is 0 Å². The number of nitrogens with zero attached hydrogens (tertiary/aromatic N) is 3. The van der Waals surface area contributed by atoms with Crippen LogP contribution >= 0.6 is 0 Å². The number of aliphatic carboxylic acids is 1. The van der Waals surface area contributed by atoms with Crippen molar-refractivity contribution in [3.8, 4) is 0 Å². The third kappa shape index (κ3) is 2.96. The largest absolute Gasteiger partial charge is 0.480 e. The summed E-state index contributed by atoms with van der Waals surface area (Å²) in [5, 5.41) is 15.5. The number of hydrogen-bond acceptors (Lipinski definition) is 3. The molecule has 1 atom stereocenters. The molecule has 0 saturated carbocycles. The van der Waals surface area contributed by atoms with E-state index in [2.05, 4.69) is 10.4 Å². The maximum absolute atomic E-state index is 11.7. The van der Waals surface area contributed by atoms with E-state index >= 15 is 0 Å². The summed E-state index contributed by atoms with van der Waals surface area (Å²) in [7, 11) is 3.17. The SMILES string of the molecule is Cc1nn(C)cc1NC(=O)N(C)C(C)C(=O)O. The summed E-state index contributed by atoms with van der Waals surface area (Å²) in [5.74, 6) is -1.05. The zero-order valence-electron chi connectivity index (χ0n) is 10.3. The highest BCUT2D eigenvalue weighted by molar-refractivity contribution is 5.92. The molecule has 0 bridgehead atoms. The van der Waals surface area contributed by atoms with Crippen molar-refractivity contribution in [1.82, 2.24) is 14.7 Å². The van der Waals surface area contributed by atoms with Crippen LogP contribution in [0, 0.1) is 6.92 Å². The van der Waals surface area contributed by atoms with Crippen molar-refractivity contribution in [2.45, 2.75) is 19.9 Å². The van der Waals surface area contributed by atoms with E-state index in [-0.39, 0.29) is 0 Å². The van der Waals surface area contributed by atoms with E-state index in [0.29, 0.717) is 11.4 Å². The highest BCUT2D eigenvalue weighted by Crippen LogP contribution is 2.12. The minimum Gasteiger partial charge on any atom is -0.480 e. The molecule has 7 nitrogen and oxygen atoms in total. The van der Waals surface area contributed by atoms with E-state index in [1.165, 1.54) is 14.0 Å². The molecule has 0 fully saturated rings. The van der Waals surface area contributed by atoms with Crippen LogP contribution < -0.4 is 5.32 Å². The highest BCUT2D eigenvalue weighted by Gasteiger charge is 2.22. The van der Waals surface area contributed by atoms with E-state index in [4.69, 9.17) is 5.11 Å². The number of carbonyl (C=O) groups excluding carboxylic acids is 1. The minimum atomic E-state index is -1.05. The number of anilines is 1. The Morgan fingerprint density at radius 1 is 1.59 bits per heavy atom. The van der Waals surface area contributed by atoms with Gasteiger partial charge in [-0.3, -0.25) is 4.68 Å². The van der Waals surface area contributed by atoms with Gasteiger partial charge in [-0.1, -0.05) is 0 Å². The lowest BCUT2D eigenvalue weighted by Crippen LogP contribution is -2.42. The zero-order chi connectivity index (χ0) is 13.2. The normalized spacial score (nSPS) is 12.0. The third-order valence-corrected chi connectivity index (χ3v) is 2.51. The number of aromatic nitrogens is 2. The van der Waals surface area contributed by atoms with Gasteiger partial charge in [0.05, 0.1) is 11.4 Å². The zero-order valence-corrected chi connectivity index (χ0v) is 10.3. The van der Waals surface area contributed by atoms with Crippen LogP contribution in [0.5, 0.6) is 0 Å². The lowest BCUT2D eigenvalue weighted by molar-refractivity contribution is -0.141. The molecular weight excluding hydrogens is 224 g/mol. The molecule has 0 aliphatic heterocycles. The first-order valence-electron chi connectivity index (χ1n) is 5.09. The van der Waals surface area contributed by atoms with Crippen LogP contribution in [-0.4, -0.2) is 44.9 Å². The molecule has 1 unspecified atom stereocenters. The second-order valence-electron chi connectivity index (χ2n) is 3.86. The van der Waals surface area contributed by atoms with Gasteiger partial charge < -0.3 is 15.3 Å². The van der Waals surface area contributed by atoms with Crippen molar-refractivity contribution in [1.29, 1.82) is 0 Å². The van der Waals surface area contributed by atoms with E-state index in [9.17, 15) is 9.59 Å². The summed E-state index contributed by atoms with van der Waals surface area (Å²) in [5.41, 5.74) is 1.25. The number of hydrogen-bond donors (Lipinski definition) is 2. The Labute approximate surface area is 99.0 Å². The summed E-state index contributed by atoms with van der Waals surface area (Å²) in [6.07, 6.45) is 1.66. The van der Waals surface area contributed by atoms with Crippen LogP contribution in [0.25, 0.3) is 0 Å². The molecule has 94 valence electrons. The number of carbonyl (C=O) groups is 2. The summed E-state index contributed by atoms with van der Waals surface area (Å²) in [4.78, 5) is 23.6. The van der Waals surface area contributed by atoms with Gasteiger partial charge in [0, 0.05) is 20.3 Å². The summed E-state index contributed by atoms with van der Waals surface area (Å²) >= 11 is 0. The van der Waals surface area contributed by atoms with Crippen LogP contribution in [0.4, 0.5) is 10.5 Å². The Kier molecular flexibility index (Phi) is 3.72. The molecule has 7 heteroatoms. The van der Waals surface area contributed by atoms with E-state index in [1.54, 1.807) is 24.9 Å². The van der Waals surface area contributed by atoms with Gasteiger partial charge in [-0.2, -0.15) is 5.10 Å². The maximum atomic E-state index is 11.7. The molecule has 0 aliphatic carbocycles. The molecule has 0 saturated heterocycles. The number of nitrogens with one attached hydrogen (secondary N) is 1. The summed E-state index contributed by atoms with van der Waals surface area (Å²) in [6.45, 7) is 3.20. The number of likely N-dealkylation sites (N-methyl/N-ethyl adjacent to an activating group) is 1. The number of carboxylic acid groups (broad SMARTS) is 1. The predicted octanol–water partition coefficient (Wildman–Crippen LogP) is 0.665. The Morgan fingerprint density at radius 2 is 2.18 bits per heavy atom. The molecule has 1 aromatic rings. The van der Waals surface area contributed by atoms with Gasteiger partial charge in [0.1, 0.15) is 6.04 Å². The fourth-order valence-corrected chi connectivity index (χ4v) is 1.27. The number of urea groups is 1. The first-order valence-corrected chi connectivity index (χ1v) is 5.09. The number of amides is 2. The van der Waals surface area contributed by atoms with Crippen molar-refractivity contribution in [2.75, 3.05) is 12.4 Å². The molecule has 1 rings (SSSR count). The average molecular weight is 240 g/mol. The van der Waals surface area contributed by atoms with Crippen molar-refractivity contribution in [3.05, 3.63) is 11.9 Å². The standard InChI is InChI=1S/C10H16N4O3/c1-6-8(5-13(3)12-6)11-10(17)14(4)7(2)9(15)16/h5,7H,1-4H3,(H,11,17)(H,15,16). The molecule has 2 amide bonds. The van der Waals surface area contributed by atoms with Crippen LogP contribution in [0.2, 0.25) is 0 Å². The Balaban J connectivity index is 2.73. The fourth-order valence-electron chi connectivity index (χ4n) is 1.27. The van der Waals surface area contributed by atoms with Crippen molar-refractivity contribution in [2.24, 2.45) is 7.05 Å². The van der Waals surface area contributed by atoms with Crippen LogP contribution in [0.15, 0.2) is 6.20 Å². The van der Waals surface area contributed by atoms with Crippen molar-refractivity contribution in [3.63, 3.8) is 0 Å². The van der Waals surface area contributed by atoms with Crippen LogP contribution in [-0.2, 0) is 11.8 Å². The Hall–Kier alpha value is -2.05. The molecule has 17 heavy (non-hydrogen) atoms. The quantitative estimate of drug-likeness (QED) is 0.812. The second-order valence-corrected chi connectivity index (χ2v) is 3.86. The molecule has 2 N–H and O–H groups in total. The van der Waals surface area contributed by atoms with Crippen molar-refractivity contribution < 1.29 is 14.7 Å². The maximum Gasteiger partial charge on any atom is 0.326 e. The van der Waals surface area contributed by atoms with Gasteiger partial charge in [0.2, 0.25) is 0 Å². The van der Waals surface area contributed by atoms with E-state index < -0.39 is 18.0 Å². The van der Waals surface area contributed by atoms with Gasteiger partial charge in [0.15, 0.2) is 0 Å². The van der Waals surface area contributed by atoms with Crippen LogP contribution in [0.3, 0.4) is 0 Å². The molecule has 0 aliphatic rings. The molecule has 0 radical (unpaired) electrons. The second kappa shape index (κ2) is 4.86. The monoisotopic (exact) mass is 240 g/mol. The Morgan fingerprint density at radius 3 is 2.59 bits per heavy atom. The number of rotatable bonds is 3. The van der Waals surface area contributed by atoms with Gasteiger partial charge >= 0.3 is 12.0 Å². The Bertz CT molecular complexity index is 441. The van der Waals surface area contributed by atoms with Gasteiger partial charge in [-0.15, -0.1) is 0 Å². The number of aryl methyl sites for hydroxylation is 2. The predicted molar refractivity (Wildman–Crippen MR) is 61.8 cm³/mol. The lowest BCUT2D eigenvalue weighted by atomic mass is 10.3. The summed E-state index contributed by atoms with van der Waals surface area (Å²) in [6, 6.07) is -1.36. The number of carboxylic acids is 1. The minimum absolute atomic E-state index is 0.476. The first kappa shape index (κ1) is 13.0. The average Bonchev–Trinajstić information content (AvgIpc) is 2.55. The molecule has 1 heterocycles. The topological polar surface area (TPSA) is 87.5 Å². The first-order chi connectivity index (χ1) is 7.82. The van der Waals surface area contributed by atoms with Crippen LogP contribution in [0.1, 0.15) is 12.6 Å². The molecule has 1 aromatic heterocycles. The highest BCUT2D eigenvalue weighted by atomic mass is 16.4. The van der Waals surface area contributed by atoms with Crippen molar-refractivity contribution >= 4 is 17.7 Å². The molecular formula is C10H16N4O3. The third-order valence-electron chi connectivity index (χ3n) is 2.51. The molecule has 0 aromatic carbocycles. The van der Waals surface area contributed by atoms with Gasteiger partial charge in [-0.25, -0.2) is 9.59 Å².